The molecule has 0 bridgehead atoms. The molecule has 1 aromatic heterocycles. The van der Waals surface area contributed by atoms with Crippen LogP contribution < -0.4 is 14.4 Å². The van der Waals surface area contributed by atoms with Gasteiger partial charge in [-0.1, -0.05) is 122 Å². The van der Waals surface area contributed by atoms with Gasteiger partial charge in [0.05, 0.1) is 23.1 Å². The molecule has 396 valence electrons. The van der Waals surface area contributed by atoms with E-state index in [1.807, 2.05) is 91.0 Å². The normalized spacial score (nSPS) is 14.7. The molecule has 1 unspecified atom stereocenters. The lowest BCUT2D eigenvalue weighted by atomic mass is 9.92. The fraction of sp³-hybridized carbons (Fsp3) is 0.0959. The molecule has 0 radical (unpaired) electrons. The van der Waals surface area contributed by atoms with Gasteiger partial charge in [0.2, 0.25) is 0 Å². The quantitative estimate of drug-likeness (QED) is 0.0956. The zero-order valence-corrected chi connectivity index (χ0v) is 44.6. The fourth-order valence-corrected chi connectivity index (χ4v) is 11.9. The molecule has 12 aromatic rings. The highest BCUT2D eigenvalue weighted by Gasteiger charge is 2.31. The second kappa shape index (κ2) is 21.6. The summed E-state index contributed by atoms with van der Waals surface area (Å²) in [5.41, 5.74) is 16.2. The van der Waals surface area contributed by atoms with Gasteiger partial charge in [-0.25, -0.2) is 0 Å². The maximum Gasteiger partial charge on any atom is 0.416 e. The zero-order valence-electron chi connectivity index (χ0n) is 44.6. The number of aryl methyl sites for hydroxylation is 1. The van der Waals surface area contributed by atoms with Gasteiger partial charge in [0.25, 0.3) is 0 Å². The van der Waals surface area contributed by atoms with E-state index in [0.717, 1.165) is 145 Å². The second-order valence-electron chi connectivity index (χ2n) is 21.0. The van der Waals surface area contributed by atoms with Crippen LogP contribution in [0.25, 0.3) is 60.9 Å². The summed E-state index contributed by atoms with van der Waals surface area (Å²) in [6.45, 7) is 0.410. The fourth-order valence-electron chi connectivity index (χ4n) is 11.9. The van der Waals surface area contributed by atoms with Crippen molar-refractivity contribution in [3.8, 4) is 39.1 Å². The highest BCUT2D eigenvalue weighted by Crippen LogP contribution is 2.45. The number of aromatic nitrogens is 1. The van der Waals surface area contributed by atoms with Crippen molar-refractivity contribution in [3.05, 3.63) is 289 Å². The number of fused-ring (bicyclic) bond motifs is 4. The summed E-state index contributed by atoms with van der Waals surface area (Å²) in [7, 11) is 0. The lowest BCUT2D eigenvalue weighted by Crippen LogP contribution is -2.39. The lowest BCUT2D eigenvalue weighted by Gasteiger charge is -2.43. The van der Waals surface area contributed by atoms with Crippen LogP contribution >= 0.6 is 0 Å². The van der Waals surface area contributed by atoms with E-state index in [-0.39, 0.29) is 0 Å². The van der Waals surface area contributed by atoms with E-state index < -0.39 is 16.4 Å². The van der Waals surface area contributed by atoms with E-state index in [2.05, 4.69) is 172 Å². The molecular formula is C73H57F3N4O. The van der Waals surface area contributed by atoms with Gasteiger partial charge in [-0.2, -0.15) is 13.2 Å². The van der Waals surface area contributed by atoms with Gasteiger partial charge in [0, 0.05) is 74.3 Å². The van der Waals surface area contributed by atoms with Gasteiger partial charge in [0.15, 0.2) is 0 Å². The molecule has 5 nitrogen and oxygen atoms in total. The maximum absolute atomic E-state index is 15.8. The Balaban J connectivity index is 0.866. The maximum atomic E-state index is 15.8. The Hall–Kier alpha value is -9.47. The monoisotopic (exact) mass is 1060 g/mol. The summed E-state index contributed by atoms with van der Waals surface area (Å²) >= 11 is 0. The van der Waals surface area contributed by atoms with Crippen molar-refractivity contribution in [2.45, 2.75) is 38.3 Å². The number of anilines is 6. The molecule has 0 fully saturated rings. The minimum Gasteiger partial charge on any atom is -0.622 e. The first-order valence-electron chi connectivity index (χ1n) is 27.8. The Morgan fingerprint density at radius 2 is 0.815 bits per heavy atom. The van der Waals surface area contributed by atoms with Crippen LogP contribution in [0.3, 0.4) is 0 Å². The van der Waals surface area contributed by atoms with Crippen LogP contribution in [0.1, 0.15) is 36.8 Å². The third kappa shape index (κ3) is 10.1. The van der Waals surface area contributed by atoms with Crippen LogP contribution in [-0.2, 0) is 12.6 Å². The van der Waals surface area contributed by atoms with E-state index in [1.54, 1.807) is 12.1 Å². The molecule has 11 aromatic carbocycles. The first kappa shape index (κ1) is 51.0. The topological polar surface area (TPSA) is 34.5 Å². The molecule has 1 aliphatic heterocycles. The van der Waals surface area contributed by atoms with Crippen LogP contribution in [0, 0.1) is 5.21 Å². The van der Waals surface area contributed by atoms with Crippen LogP contribution in [0.5, 0.6) is 0 Å². The SMILES string of the molecule is [O-][N+]1(c2ccc(-c3cc(-c4ccc(-n5c6ccccc6c6cc(N(c7ccccc7)c7ccccc7)ccc65)cc4)cc(-c4ccc(C(F)(F)F)cc4)c3)cc2)CCCCCCc2cc(N(c3ccccc3)c3ccccc3)ccc21. The average molecular weight is 1060 g/mol. The Morgan fingerprint density at radius 1 is 0.370 bits per heavy atom. The molecule has 0 spiro atoms. The number of benzene rings is 11. The van der Waals surface area contributed by atoms with Crippen molar-refractivity contribution >= 4 is 67.3 Å². The Morgan fingerprint density at radius 3 is 1.35 bits per heavy atom. The molecule has 8 heteroatoms. The second-order valence-corrected chi connectivity index (χ2v) is 21.0. The summed E-state index contributed by atoms with van der Waals surface area (Å²) in [6, 6.07) is 91.1. The summed E-state index contributed by atoms with van der Waals surface area (Å²) in [5, 5.41) is 18.0. The first-order valence-corrected chi connectivity index (χ1v) is 27.8. The number of quaternary nitrogens is 1. The largest absolute Gasteiger partial charge is 0.622 e. The highest BCUT2D eigenvalue weighted by atomic mass is 19.4. The van der Waals surface area contributed by atoms with Crippen LogP contribution in [-0.4, -0.2) is 11.1 Å². The minimum atomic E-state index is -4.46. The van der Waals surface area contributed by atoms with Gasteiger partial charge in [0.1, 0.15) is 11.4 Å². The van der Waals surface area contributed by atoms with Gasteiger partial charge < -0.3 is 19.6 Å². The third-order valence-corrected chi connectivity index (χ3v) is 15.9. The van der Waals surface area contributed by atoms with E-state index in [1.165, 1.54) is 0 Å². The standard InChI is InChI=1S/C73H57F3N4O/c74-73(75,76)59-36-30-52(31-37-59)56-47-57(53-32-38-64(39-33-53)79-70-29-17-16-28-68(70)69-51-66(40-44-71(69)79)78(62-24-12-5-13-25-62)63-26-14-6-15-27-63)49-58(48-56)54-34-42-67(43-35-54)80(81)46-18-2-1-7-19-55-50-65(41-45-72(55)80)77(60-20-8-3-9-21-60)61-22-10-4-11-23-61/h3-6,8-17,20-45,47-51H,1-2,7,18-19,46H2. The smallest absolute Gasteiger partial charge is 0.416 e. The third-order valence-electron chi connectivity index (χ3n) is 15.9. The number of hydrogen-bond acceptors (Lipinski definition) is 3. The number of hydroxylamine groups is 1. The summed E-state index contributed by atoms with van der Waals surface area (Å²) in [5.74, 6) is 0. The van der Waals surface area contributed by atoms with Gasteiger partial charge >= 0.3 is 6.18 Å². The predicted octanol–water partition coefficient (Wildman–Crippen LogP) is 21.0. The van der Waals surface area contributed by atoms with E-state index in [4.69, 9.17) is 0 Å². The van der Waals surface area contributed by atoms with Crippen LogP contribution in [0.4, 0.5) is 58.7 Å². The summed E-state index contributed by atoms with van der Waals surface area (Å²) in [4.78, 5) is 4.53. The van der Waals surface area contributed by atoms with Crippen molar-refractivity contribution in [2.75, 3.05) is 16.3 Å². The van der Waals surface area contributed by atoms with Crippen molar-refractivity contribution < 1.29 is 13.2 Å². The number of halogens is 3. The number of hydrogen-bond donors (Lipinski definition) is 0. The summed E-state index contributed by atoms with van der Waals surface area (Å²) < 4.78 is 43.3. The molecule has 0 saturated heterocycles. The summed E-state index contributed by atoms with van der Waals surface area (Å²) in [6.07, 6.45) is 0.157. The minimum absolute atomic E-state index is 0.410. The predicted molar refractivity (Wildman–Crippen MR) is 330 cm³/mol. The molecular weight excluding hydrogens is 1010 g/mol. The number of rotatable bonds is 11. The van der Waals surface area contributed by atoms with Gasteiger partial charge in [-0.3, -0.25) is 4.65 Å². The van der Waals surface area contributed by atoms with Crippen molar-refractivity contribution in [1.82, 2.24) is 9.21 Å². The zero-order chi connectivity index (χ0) is 54.9. The van der Waals surface area contributed by atoms with E-state index in [0.29, 0.717) is 17.8 Å². The van der Waals surface area contributed by atoms with Gasteiger partial charge in [-0.15, -0.1) is 0 Å². The Bertz CT molecular complexity index is 4070. The van der Waals surface area contributed by atoms with E-state index >= 15 is 5.21 Å². The van der Waals surface area contributed by atoms with Crippen molar-refractivity contribution in [3.63, 3.8) is 0 Å². The van der Waals surface area contributed by atoms with Gasteiger partial charge in [-0.05, 0) is 199 Å². The number of alkyl halides is 3. The number of nitrogens with zero attached hydrogens (tertiary/aromatic N) is 4. The van der Waals surface area contributed by atoms with E-state index in [9.17, 15) is 13.2 Å². The molecule has 81 heavy (non-hydrogen) atoms. The van der Waals surface area contributed by atoms with Crippen LogP contribution in [0.15, 0.2) is 273 Å². The Labute approximate surface area is 470 Å². The first-order chi connectivity index (χ1) is 39.7. The average Bonchev–Trinajstić information content (AvgIpc) is 3.97. The van der Waals surface area contributed by atoms with Crippen molar-refractivity contribution in [2.24, 2.45) is 0 Å². The molecule has 2 heterocycles. The van der Waals surface area contributed by atoms with Crippen molar-refractivity contribution in [1.29, 1.82) is 0 Å². The highest BCUT2D eigenvalue weighted by molar-refractivity contribution is 6.10. The molecule has 0 aliphatic carbocycles. The molecule has 0 N–H and O–H groups in total. The molecule has 1 aliphatic rings. The molecule has 0 amide bonds. The molecule has 0 saturated carbocycles. The number of para-hydroxylation sites is 5. The molecule has 13 rings (SSSR count). The molecule has 1 atom stereocenters. The van der Waals surface area contributed by atoms with Crippen LogP contribution in [0.2, 0.25) is 0 Å². The Kier molecular flexibility index (Phi) is 13.6. The lowest BCUT2D eigenvalue weighted by molar-refractivity contribution is -0.137.